The van der Waals surface area contributed by atoms with E-state index in [0.29, 0.717) is 12.0 Å². The lowest BCUT2D eigenvalue weighted by atomic mass is 9.90. The van der Waals surface area contributed by atoms with Gasteiger partial charge in [0.05, 0.1) is 6.61 Å². The Balaban J connectivity index is 2.32. The summed E-state index contributed by atoms with van der Waals surface area (Å²) in [7, 11) is 0. The molecule has 0 amide bonds. The average molecular weight is 319 g/mol. The molecule has 130 valence electrons. The first kappa shape index (κ1) is 18.3. The van der Waals surface area contributed by atoms with Crippen molar-refractivity contribution in [3.8, 4) is 5.75 Å². The largest absolute Gasteiger partial charge is 0.493 e. The van der Waals surface area contributed by atoms with Gasteiger partial charge < -0.3 is 9.84 Å². The second-order valence-electron chi connectivity index (χ2n) is 7.15. The lowest BCUT2D eigenvalue weighted by molar-refractivity contribution is 0.126. The quantitative estimate of drug-likeness (QED) is 0.772. The smallest absolute Gasteiger partial charge is 0.122 e. The van der Waals surface area contributed by atoms with Crippen molar-refractivity contribution in [2.75, 3.05) is 26.3 Å². The van der Waals surface area contributed by atoms with Gasteiger partial charge in [-0.05, 0) is 61.4 Å². The predicted octanol–water partition coefficient (Wildman–Crippen LogP) is 4.36. The molecule has 0 aromatic heterocycles. The number of ether oxygens (including phenoxy) is 1. The van der Waals surface area contributed by atoms with Gasteiger partial charge in [0.25, 0.3) is 0 Å². The van der Waals surface area contributed by atoms with E-state index in [4.69, 9.17) is 4.74 Å². The molecule has 1 fully saturated rings. The Morgan fingerprint density at radius 3 is 2.43 bits per heavy atom. The fourth-order valence-corrected chi connectivity index (χ4v) is 3.56. The Kier molecular flexibility index (Phi) is 6.91. The molecule has 1 aromatic carbocycles. The van der Waals surface area contributed by atoms with E-state index in [9.17, 15) is 5.11 Å². The minimum Gasteiger partial charge on any atom is -0.493 e. The maximum Gasteiger partial charge on any atom is 0.122 e. The molecule has 2 unspecified atom stereocenters. The van der Waals surface area contributed by atoms with Gasteiger partial charge in [-0.25, -0.2) is 0 Å². The third-order valence-corrected chi connectivity index (χ3v) is 4.82. The highest BCUT2D eigenvalue weighted by molar-refractivity contribution is 5.40. The zero-order valence-corrected chi connectivity index (χ0v) is 15.2. The van der Waals surface area contributed by atoms with Crippen LogP contribution >= 0.6 is 0 Å². The number of nitrogens with zero attached hydrogens (tertiary/aromatic N) is 1. The first-order chi connectivity index (χ1) is 11.1. The Morgan fingerprint density at radius 1 is 1.17 bits per heavy atom. The first-order valence-electron chi connectivity index (χ1n) is 9.20. The summed E-state index contributed by atoms with van der Waals surface area (Å²) in [5.74, 6) is 1.70. The second-order valence-corrected chi connectivity index (χ2v) is 7.15. The van der Waals surface area contributed by atoms with Crippen LogP contribution in [0.1, 0.15) is 70.0 Å². The number of likely N-dealkylation sites (tertiary alicyclic amines) is 1. The molecule has 0 radical (unpaired) electrons. The fraction of sp³-hybridized carbons (Fsp3) is 0.700. The van der Waals surface area contributed by atoms with E-state index in [1.165, 1.54) is 24.0 Å². The van der Waals surface area contributed by atoms with Gasteiger partial charge in [0, 0.05) is 12.6 Å². The van der Waals surface area contributed by atoms with E-state index in [-0.39, 0.29) is 12.5 Å². The van der Waals surface area contributed by atoms with Gasteiger partial charge in [-0.1, -0.05) is 39.8 Å². The molecule has 23 heavy (non-hydrogen) atoms. The molecule has 1 aliphatic rings. The molecule has 1 N–H and O–H groups in total. The first-order valence-corrected chi connectivity index (χ1v) is 9.20. The molecule has 1 aliphatic heterocycles. The van der Waals surface area contributed by atoms with Crippen LogP contribution in [0.3, 0.4) is 0 Å². The van der Waals surface area contributed by atoms with Crippen LogP contribution in [-0.4, -0.2) is 36.3 Å². The molecular weight excluding hydrogens is 286 g/mol. The molecule has 0 aliphatic carbocycles. The standard InChI is InChI=1S/C20H33NO2/c1-5-12-23-19-9-8-17(13-18(19)15(2)3)20(16(4)14-22)21-10-6-7-11-21/h8-9,13,15-16,20,22H,5-7,10-12,14H2,1-4H3. The molecule has 0 spiro atoms. The van der Waals surface area contributed by atoms with Crippen molar-refractivity contribution in [2.24, 2.45) is 5.92 Å². The van der Waals surface area contributed by atoms with E-state index < -0.39 is 0 Å². The Morgan fingerprint density at radius 2 is 1.87 bits per heavy atom. The molecule has 0 bridgehead atoms. The van der Waals surface area contributed by atoms with Crippen molar-refractivity contribution < 1.29 is 9.84 Å². The molecule has 3 nitrogen and oxygen atoms in total. The van der Waals surface area contributed by atoms with Crippen molar-refractivity contribution >= 4 is 0 Å². The minimum atomic E-state index is 0.228. The number of aliphatic hydroxyl groups excluding tert-OH is 1. The predicted molar refractivity (Wildman–Crippen MR) is 96.1 cm³/mol. The highest BCUT2D eigenvalue weighted by Gasteiger charge is 2.28. The highest BCUT2D eigenvalue weighted by Crippen LogP contribution is 2.36. The topological polar surface area (TPSA) is 32.7 Å². The third-order valence-electron chi connectivity index (χ3n) is 4.82. The summed E-state index contributed by atoms with van der Waals surface area (Å²) in [6.45, 7) is 12.0. The molecule has 0 saturated carbocycles. The van der Waals surface area contributed by atoms with Gasteiger partial charge in [-0.2, -0.15) is 0 Å². The number of hydrogen-bond donors (Lipinski definition) is 1. The van der Waals surface area contributed by atoms with Crippen LogP contribution in [0.4, 0.5) is 0 Å². The molecule has 1 aromatic rings. The normalized spacial score (nSPS) is 18.3. The number of hydrogen-bond acceptors (Lipinski definition) is 3. The molecule has 2 rings (SSSR count). The Labute approximate surface area is 141 Å². The summed E-state index contributed by atoms with van der Waals surface area (Å²) in [4.78, 5) is 2.53. The van der Waals surface area contributed by atoms with Gasteiger partial charge in [0.2, 0.25) is 0 Å². The lowest BCUT2D eigenvalue weighted by Crippen LogP contribution is -2.32. The van der Waals surface area contributed by atoms with Crippen molar-refractivity contribution in [1.82, 2.24) is 4.90 Å². The van der Waals surface area contributed by atoms with E-state index in [1.807, 2.05) is 0 Å². The molecule has 1 heterocycles. The summed E-state index contributed by atoms with van der Waals surface area (Å²) in [6, 6.07) is 6.95. The van der Waals surface area contributed by atoms with Gasteiger partial charge >= 0.3 is 0 Å². The Bertz CT molecular complexity index is 481. The zero-order chi connectivity index (χ0) is 16.8. The van der Waals surface area contributed by atoms with E-state index >= 15 is 0 Å². The van der Waals surface area contributed by atoms with Gasteiger partial charge in [-0.15, -0.1) is 0 Å². The van der Waals surface area contributed by atoms with Crippen LogP contribution in [0.15, 0.2) is 18.2 Å². The van der Waals surface area contributed by atoms with Gasteiger partial charge in [0.1, 0.15) is 5.75 Å². The van der Waals surface area contributed by atoms with Crippen LogP contribution < -0.4 is 4.74 Å². The summed E-state index contributed by atoms with van der Waals surface area (Å²) >= 11 is 0. The molecule has 3 heteroatoms. The van der Waals surface area contributed by atoms with Gasteiger partial charge in [-0.3, -0.25) is 4.90 Å². The van der Waals surface area contributed by atoms with E-state index in [1.54, 1.807) is 0 Å². The molecule has 2 atom stereocenters. The number of aliphatic hydroxyl groups is 1. The van der Waals surface area contributed by atoms with Crippen molar-refractivity contribution in [2.45, 2.75) is 58.9 Å². The SMILES string of the molecule is CCCOc1ccc(C(C(C)CO)N2CCCC2)cc1C(C)C. The van der Waals surface area contributed by atoms with Crippen molar-refractivity contribution in [3.05, 3.63) is 29.3 Å². The van der Waals surface area contributed by atoms with Crippen LogP contribution in [0, 0.1) is 5.92 Å². The summed E-state index contributed by atoms with van der Waals surface area (Å²) in [5.41, 5.74) is 2.60. The Hall–Kier alpha value is -1.06. The average Bonchev–Trinajstić information content (AvgIpc) is 3.07. The third kappa shape index (κ3) is 4.48. The van der Waals surface area contributed by atoms with Gasteiger partial charge in [0.15, 0.2) is 0 Å². The van der Waals surface area contributed by atoms with Crippen LogP contribution in [0.25, 0.3) is 0 Å². The van der Waals surface area contributed by atoms with Crippen LogP contribution in [0.5, 0.6) is 5.75 Å². The van der Waals surface area contributed by atoms with Crippen molar-refractivity contribution in [1.29, 1.82) is 0 Å². The van der Waals surface area contributed by atoms with Crippen molar-refractivity contribution in [3.63, 3.8) is 0 Å². The zero-order valence-electron chi connectivity index (χ0n) is 15.2. The monoisotopic (exact) mass is 319 g/mol. The fourth-order valence-electron chi connectivity index (χ4n) is 3.56. The van der Waals surface area contributed by atoms with Crippen LogP contribution in [0.2, 0.25) is 0 Å². The van der Waals surface area contributed by atoms with E-state index in [2.05, 4.69) is 50.8 Å². The molecule has 1 saturated heterocycles. The maximum absolute atomic E-state index is 9.72. The summed E-state index contributed by atoms with van der Waals surface area (Å²) in [6.07, 6.45) is 3.56. The minimum absolute atomic E-state index is 0.228. The summed E-state index contributed by atoms with van der Waals surface area (Å²) in [5, 5.41) is 9.72. The summed E-state index contributed by atoms with van der Waals surface area (Å²) < 4.78 is 5.93. The molecular formula is C20H33NO2. The number of benzene rings is 1. The van der Waals surface area contributed by atoms with Crippen LogP contribution in [-0.2, 0) is 0 Å². The maximum atomic E-state index is 9.72. The number of rotatable bonds is 8. The lowest BCUT2D eigenvalue weighted by Gasteiger charge is -2.33. The van der Waals surface area contributed by atoms with E-state index in [0.717, 1.165) is 31.9 Å². The highest BCUT2D eigenvalue weighted by atomic mass is 16.5. The second kappa shape index (κ2) is 8.70.